The molecule has 110 valence electrons. The maximum absolute atomic E-state index is 11.9. The van der Waals surface area contributed by atoms with Gasteiger partial charge in [-0.3, -0.25) is 4.79 Å². The Hall–Kier alpha value is -1.46. The number of amides is 1. The zero-order valence-electron chi connectivity index (χ0n) is 12.0. The van der Waals surface area contributed by atoms with Gasteiger partial charge in [0.05, 0.1) is 6.61 Å². The Morgan fingerprint density at radius 3 is 2.70 bits per heavy atom. The van der Waals surface area contributed by atoms with Crippen LogP contribution in [0.5, 0.6) is 0 Å². The molecule has 0 fully saturated rings. The third-order valence-corrected chi connectivity index (χ3v) is 3.02. The summed E-state index contributed by atoms with van der Waals surface area (Å²) in [6.45, 7) is 6.05. The van der Waals surface area contributed by atoms with E-state index < -0.39 is 0 Å². The molecule has 3 N–H and O–H groups in total. The van der Waals surface area contributed by atoms with Crippen LogP contribution in [-0.2, 0) is 4.74 Å². The van der Waals surface area contributed by atoms with E-state index >= 15 is 0 Å². The van der Waals surface area contributed by atoms with Crippen molar-refractivity contribution >= 4 is 23.1 Å². The van der Waals surface area contributed by atoms with Crippen LogP contribution in [0.15, 0.2) is 24.3 Å². The van der Waals surface area contributed by atoms with Gasteiger partial charge in [-0.05, 0) is 24.5 Å². The average molecular weight is 294 g/mol. The molecule has 0 saturated carbocycles. The molecule has 0 radical (unpaired) electrons. The molecule has 0 aliphatic rings. The van der Waals surface area contributed by atoms with Gasteiger partial charge in [-0.2, -0.15) is 0 Å². The number of rotatable bonds is 8. The summed E-state index contributed by atoms with van der Waals surface area (Å²) in [4.78, 5) is 12.2. The molecule has 1 rings (SSSR count). The maximum atomic E-state index is 11.9. The third kappa shape index (κ3) is 6.12. The molecule has 0 atom stereocenters. The predicted molar refractivity (Wildman–Crippen MR) is 84.9 cm³/mol. The summed E-state index contributed by atoms with van der Waals surface area (Å²) in [7, 11) is 0. The number of hydrogen-bond acceptors (Lipinski definition) is 3. The first kappa shape index (κ1) is 16.6. The smallest absolute Gasteiger partial charge is 0.251 e. The van der Waals surface area contributed by atoms with Gasteiger partial charge < -0.3 is 15.8 Å². The van der Waals surface area contributed by atoms with Crippen LogP contribution in [-0.4, -0.2) is 30.7 Å². The Morgan fingerprint density at radius 1 is 1.35 bits per heavy atom. The minimum absolute atomic E-state index is 0.143. The van der Waals surface area contributed by atoms with Crippen molar-refractivity contribution in [1.29, 1.82) is 0 Å². The molecule has 0 unspecified atom stereocenters. The molecule has 1 amide bonds. The van der Waals surface area contributed by atoms with E-state index in [1.54, 1.807) is 24.3 Å². The van der Waals surface area contributed by atoms with Crippen molar-refractivity contribution in [2.45, 2.75) is 20.3 Å². The molecule has 1 aromatic rings. The number of carbonyl (C=O) groups is 1. The van der Waals surface area contributed by atoms with E-state index in [0.29, 0.717) is 30.2 Å². The van der Waals surface area contributed by atoms with Gasteiger partial charge in [0.15, 0.2) is 0 Å². The van der Waals surface area contributed by atoms with E-state index in [4.69, 9.17) is 22.7 Å². The highest BCUT2D eigenvalue weighted by Crippen LogP contribution is 2.05. The third-order valence-electron chi connectivity index (χ3n) is 2.78. The van der Waals surface area contributed by atoms with Crippen molar-refractivity contribution in [3.8, 4) is 0 Å². The molecule has 0 saturated heterocycles. The summed E-state index contributed by atoms with van der Waals surface area (Å²) in [5, 5.41) is 2.81. The molecule has 0 aromatic heterocycles. The fourth-order valence-corrected chi connectivity index (χ4v) is 1.70. The maximum Gasteiger partial charge on any atom is 0.251 e. The molecule has 20 heavy (non-hydrogen) atoms. The van der Waals surface area contributed by atoms with Crippen LogP contribution in [0.3, 0.4) is 0 Å². The minimum Gasteiger partial charge on any atom is -0.389 e. The molecule has 4 nitrogen and oxygen atoms in total. The number of ether oxygens (including phenoxy) is 1. The Kier molecular flexibility index (Phi) is 7.18. The van der Waals surface area contributed by atoms with Gasteiger partial charge in [0.25, 0.3) is 5.91 Å². The van der Waals surface area contributed by atoms with Crippen LogP contribution in [0.1, 0.15) is 36.2 Å². The first-order chi connectivity index (χ1) is 9.50. The zero-order chi connectivity index (χ0) is 15.0. The molecule has 0 aliphatic heterocycles. The highest BCUT2D eigenvalue weighted by atomic mass is 32.1. The second-order valence-electron chi connectivity index (χ2n) is 5.00. The molecule has 0 aliphatic carbocycles. The van der Waals surface area contributed by atoms with E-state index in [0.717, 1.165) is 13.0 Å². The van der Waals surface area contributed by atoms with Crippen molar-refractivity contribution in [2.24, 2.45) is 11.7 Å². The van der Waals surface area contributed by atoms with Crippen LogP contribution in [0.4, 0.5) is 0 Å². The number of thiocarbonyl (C=S) groups is 1. The Morgan fingerprint density at radius 2 is 2.05 bits per heavy atom. The normalized spacial score (nSPS) is 10.6. The highest BCUT2D eigenvalue weighted by molar-refractivity contribution is 7.80. The van der Waals surface area contributed by atoms with Crippen molar-refractivity contribution in [3.05, 3.63) is 35.4 Å². The summed E-state index contributed by atoms with van der Waals surface area (Å²) in [5.74, 6) is 0.489. The number of nitrogens with two attached hydrogens (primary N) is 1. The molecule has 0 bridgehead atoms. The predicted octanol–water partition coefficient (Wildman–Crippen LogP) is 2.11. The van der Waals surface area contributed by atoms with Gasteiger partial charge in [-0.25, -0.2) is 0 Å². The van der Waals surface area contributed by atoms with Crippen molar-refractivity contribution in [1.82, 2.24) is 5.32 Å². The fourth-order valence-electron chi connectivity index (χ4n) is 1.57. The average Bonchev–Trinajstić information content (AvgIpc) is 2.42. The Balaban J connectivity index is 2.32. The van der Waals surface area contributed by atoms with E-state index in [2.05, 4.69) is 19.2 Å². The number of benzene rings is 1. The lowest BCUT2D eigenvalue weighted by atomic mass is 10.1. The van der Waals surface area contributed by atoms with Crippen LogP contribution >= 0.6 is 12.2 Å². The van der Waals surface area contributed by atoms with E-state index in [-0.39, 0.29) is 10.9 Å². The quantitative estimate of drug-likeness (QED) is 0.569. The summed E-state index contributed by atoms with van der Waals surface area (Å²) in [5.41, 5.74) is 6.79. The van der Waals surface area contributed by atoms with Gasteiger partial charge in [0, 0.05) is 24.3 Å². The SMILES string of the molecule is CC(C)CCOCCNC(=O)c1cccc(C(N)=S)c1. The monoisotopic (exact) mass is 294 g/mol. The van der Waals surface area contributed by atoms with Crippen LogP contribution in [0, 0.1) is 5.92 Å². The number of hydrogen-bond donors (Lipinski definition) is 2. The summed E-state index contributed by atoms with van der Waals surface area (Å²) >= 11 is 4.89. The summed E-state index contributed by atoms with van der Waals surface area (Å²) < 4.78 is 5.44. The minimum atomic E-state index is -0.143. The van der Waals surface area contributed by atoms with E-state index in [1.807, 2.05) is 0 Å². The van der Waals surface area contributed by atoms with Crippen LogP contribution in [0.25, 0.3) is 0 Å². The zero-order valence-corrected chi connectivity index (χ0v) is 12.8. The molecule has 1 aromatic carbocycles. The fraction of sp³-hybridized carbons (Fsp3) is 0.467. The van der Waals surface area contributed by atoms with Gasteiger partial charge >= 0.3 is 0 Å². The van der Waals surface area contributed by atoms with Gasteiger partial charge in [-0.1, -0.05) is 38.2 Å². The molecular weight excluding hydrogens is 272 g/mol. The second kappa shape index (κ2) is 8.66. The first-order valence-corrected chi connectivity index (χ1v) is 7.17. The van der Waals surface area contributed by atoms with Gasteiger partial charge in [0.1, 0.15) is 4.99 Å². The standard InChI is InChI=1S/C15H22N2O2S/c1-11(2)6-8-19-9-7-17-15(18)13-5-3-4-12(10-13)14(16)20/h3-5,10-11H,6-9H2,1-2H3,(H2,16,20)(H,17,18). The van der Waals surface area contributed by atoms with Crippen LogP contribution in [0.2, 0.25) is 0 Å². The van der Waals surface area contributed by atoms with Gasteiger partial charge in [-0.15, -0.1) is 0 Å². The first-order valence-electron chi connectivity index (χ1n) is 6.76. The lowest BCUT2D eigenvalue weighted by Crippen LogP contribution is -2.27. The van der Waals surface area contributed by atoms with Crippen molar-refractivity contribution in [2.75, 3.05) is 19.8 Å². The lowest BCUT2D eigenvalue weighted by molar-refractivity contribution is 0.0906. The second-order valence-corrected chi connectivity index (χ2v) is 5.44. The number of nitrogens with one attached hydrogen (secondary N) is 1. The topological polar surface area (TPSA) is 64.3 Å². The Bertz CT molecular complexity index is 461. The van der Waals surface area contributed by atoms with Crippen LogP contribution < -0.4 is 11.1 Å². The lowest BCUT2D eigenvalue weighted by Gasteiger charge is -2.08. The van der Waals surface area contributed by atoms with E-state index in [1.165, 1.54) is 0 Å². The highest BCUT2D eigenvalue weighted by Gasteiger charge is 2.06. The van der Waals surface area contributed by atoms with Gasteiger partial charge in [0.2, 0.25) is 0 Å². The molecule has 0 heterocycles. The summed E-state index contributed by atoms with van der Waals surface area (Å²) in [6.07, 6.45) is 1.03. The summed E-state index contributed by atoms with van der Waals surface area (Å²) in [6, 6.07) is 6.98. The molecule has 5 heteroatoms. The molecule has 0 spiro atoms. The Labute approximate surface area is 125 Å². The van der Waals surface area contributed by atoms with E-state index in [9.17, 15) is 4.79 Å². The largest absolute Gasteiger partial charge is 0.389 e. The molecular formula is C15H22N2O2S. The number of carbonyl (C=O) groups excluding carboxylic acids is 1. The van der Waals surface area contributed by atoms with Crippen molar-refractivity contribution in [3.63, 3.8) is 0 Å². The van der Waals surface area contributed by atoms with Crippen molar-refractivity contribution < 1.29 is 9.53 Å².